The zero-order chi connectivity index (χ0) is 9.78. The molecule has 0 bridgehead atoms. The standard InChI is InChI=1S/C10H20O3.Al.3H/c1-2-3-4-5-7-12-9-10-13-8-6-11;;;;/h6H,2-5,7-10H2,1H3;;;;. The quantitative estimate of drug-likeness (QED) is 0.306. The highest BCUT2D eigenvalue weighted by Crippen LogP contribution is 1.98. The number of ether oxygens (including phenoxy) is 2. The number of carbonyl (C=O) groups is 1. The predicted octanol–water partition coefficient (Wildman–Crippen LogP) is 0.615. The Bertz CT molecular complexity index is 110. The maximum absolute atomic E-state index is 9.85. The Kier molecular flexibility index (Phi) is 18.4. The van der Waals surface area contributed by atoms with E-state index in [0.29, 0.717) is 13.2 Å². The molecule has 0 radical (unpaired) electrons. The summed E-state index contributed by atoms with van der Waals surface area (Å²) in [5, 5.41) is 0. The van der Waals surface area contributed by atoms with E-state index in [0.717, 1.165) is 19.3 Å². The smallest absolute Gasteiger partial charge is 0.187 e. The molecule has 0 saturated heterocycles. The van der Waals surface area contributed by atoms with Crippen LogP contribution < -0.4 is 0 Å². The molecule has 84 valence electrons. The predicted molar refractivity (Wildman–Crippen MR) is 61.8 cm³/mol. The summed E-state index contributed by atoms with van der Waals surface area (Å²) in [6.45, 7) is 4.30. The lowest BCUT2D eigenvalue weighted by Gasteiger charge is -2.03. The van der Waals surface area contributed by atoms with E-state index in [2.05, 4.69) is 6.92 Å². The summed E-state index contributed by atoms with van der Waals surface area (Å²) in [4.78, 5) is 9.85. The molecule has 0 N–H and O–H groups in total. The topological polar surface area (TPSA) is 35.5 Å². The molecule has 0 rings (SSSR count). The Balaban J connectivity index is 0. The van der Waals surface area contributed by atoms with Crippen LogP contribution in [-0.2, 0) is 14.3 Å². The van der Waals surface area contributed by atoms with E-state index >= 15 is 0 Å². The van der Waals surface area contributed by atoms with Gasteiger partial charge in [-0.25, -0.2) is 0 Å². The monoisotopic (exact) mass is 218 g/mol. The van der Waals surface area contributed by atoms with Crippen molar-refractivity contribution in [3.63, 3.8) is 0 Å². The first-order chi connectivity index (χ1) is 6.41. The Morgan fingerprint density at radius 3 is 2.36 bits per heavy atom. The molecule has 0 aliphatic heterocycles. The molecule has 0 spiro atoms. The van der Waals surface area contributed by atoms with E-state index in [1.807, 2.05) is 0 Å². The third-order valence-corrected chi connectivity index (χ3v) is 1.70. The summed E-state index contributed by atoms with van der Waals surface area (Å²) < 4.78 is 10.2. The fourth-order valence-corrected chi connectivity index (χ4v) is 0.982. The molecular weight excluding hydrogens is 195 g/mol. The van der Waals surface area contributed by atoms with Crippen LogP contribution in [0.5, 0.6) is 0 Å². The number of aldehydes is 1. The minimum atomic E-state index is 0. The van der Waals surface area contributed by atoms with Gasteiger partial charge in [0.2, 0.25) is 0 Å². The van der Waals surface area contributed by atoms with Gasteiger partial charge in [0.15, 0.2) is 17.4 Å². The number of rotatable bonds is 10. The number of hydrogen-bond acceptors (Lipinski definition) is 3. The Morgan fingerprint density at radius 1 is 1.00 bits per heavy atom. The largest absolute Gasteiger partial charge is 0.379 e. The minimum absolute atomic E-state index is 0. The molecule has 4 heteroatoms. The maximum atomic E-state index is 9.85. The number of unbranched alkanes of at least 4 members (excludes halogenated alkanes) is 3. The van der Waals surface area contributed by atoms with Crippen molar-refractivity contribution < 1.29 is 14.3 Å². The van der Waals surface area contributed by atoms with Crippen LogP contribution in [0.2, 0.25) is 0 Å². The summed E-state index contributed by atoms with van der Waals surface area (Å²) in [5.41, 5.74) is 0. The van der Waals surface area contributed by atoms with E-state index in [1.54, 1.807) is 0 Å². The van der Waals surface area contributed by atoms with Crippen LogP contribution in [0, 0.1) is 0 Å². The highest BCUT2D eigenvalue weighted by molar-refractivity contribution is 5.75. The van der Waals surface area contributed by atoms with E-state index < -0.39 is 0 Å². The van der Waals surface area contributed by atoms with Crippen molar-refractivity contribution in [3.8, 4) is 0 Å². The molecule has 14 heavy (non-hydrogen) atoms. The lowest BCUT2D eigenvalue weighted by Crippen LogP contribution is -2.06. The fraction of sp³-hybridized carbons (Fsp3) is 0.900. The van der Waals surface area contributed by atoms with Crippen molar-refractivity contribution in [2.24, 2.45) is 0 Å². The van der Waals surface area contributed by atoms with Crippen molar-refractivity contribution in [1.82, 2.24) is 0 Å². The molecule has 0 aliphatic rings. The van der Waals surface area contributed by atoms with Gasteiger partial charge in [0.25, 0.3) is 0 Å². The lowest BCUT2D eigenvalue weighted by atomic mass is 10.2. The van der Waals surface area contributed by atoms with Crippen molar-refractivity contribution in [3.05, 3.63) is 0 Å². The molecule has 0 aromatic carbocycles. The van der Waals surface area contributed by atoms with Crippen LogP contribution in [-0.4, -0.2) is 50.1 Å². The van der Waals surface area contributed by atoms with Crippen molar-refractivity contribution in [2.45, 2.75) is 32.6 Å². The van der Waals surface area contributed by atoms with Crippen molar-refractivity contribution >= 4 is 23.6 Å². The summed E-state index contributed by atoms with van der Waals surface area (Å²) in [6, 6.07) is 0. The van der Waals surface area contributed by atoms with Gasteiger partial charge in [-0.2, -0.15) is 0 Å². The van der Waals surface area contributed by atoms with E-state index in [1.165, 1.54) is 19.3 Å². The van der Waals surface area contributed by atoms with Crippen LogP contribution in [0.1, 0.15) is 32.6 Å². The van der Waals surface area contributed by atoms with Gasteiger partial charge in [0.1, 0.15) is 12.9 Å². The Hall–Kier alpha value is 0.122. The zero-order valence-electron chi connectivity index (χ0n) is 8.46. The van der Waals surface area contributed by atoms with Gasteiger partial charge in [-0.3, -0.25) is 0 Å². The van der Waals surface area contributed by atoms with Crippen LogP contribution in [0.15, 0.2) is 0 Å². The second-order valence-corrected chi connectivity index (χ2v) is 2.91. The van der Waals surface area contributed by atoms with Crippen molar-refractivity contribution in [2.75, 3.05) is 26.4 Å². The van der Waals surface area contributed by atoms with Crippen molar-refractivity contribution in [1.29, 1.82) is 0 Å². The third-order valence-electron chi connectivity index (χ3n) is 1.70. The molecule has 0 aromatic rings. The van der Waals surface area contributed by atoms with Gasteiger partial charge in [0, 0.05) is 6.61 Å². The van der Waals surface area contributed by atoms with Gasteiger partial charge in [-0.15, -0.1) is 0 Å². The van der Waals surface area contributed by atoms with Gasteiger partial charge < -0.3 is 14.3 Å². The summed E-state index contributed by atoms with van der Waals surface area (Å²) in [6.07, 6.45) is 5.65. The molecule has 0 saturated carbocycles. The molecule has 0 amide bonds. The first-order valence-electron chi connectivity index (χ1n) is 5.01. The van der Waals surface area contributed by atoms with Gasteiger partial charge in [-0.05, 0) is 6.42 Å². The van der Waals surface area contributed by atoms with Gasteiger partial charge in [-0.1, -0.05) is 26.2 Å². The maximum Gasteiger partial charge on any atom is 0.187 e. The third kappa shape index (κ3) is 14.6. The average molecular weight is 218 g/mol. The van der Waals surface area contributed by atoms with Crippen LogP contribution in [0.25, 0.3) is 0 Å². The average Bonchev–Trinajstić information content (AvgIpc) is 2.16. The highest BCUT2D eigenvalue weighted by Gasteiger charge is 1.89. The van der Waals surface area contributed by atoms with E-state index in [-0.39, 0.29) is 24.0 Å². The summed E-state index contributed by atoms with van der Waals surface area (Å²) in [5.74, 6) is 0. The minimum Gasteiger partial charge on any atom is -0.379 e. The fourth-order valence-electron chi connectivity index (χ4n) is 0.982. The van der Waals surface area contributed by atoms with E-state index in [4.69, 9.17) is 9.47 Å². The first-order valence-corrected chi connectivity index (χ1v) is 5.01. The first kappa shape index (κ1) is 16.5. The molecular formula is C10H23AlO3. The molecule has 0 aromatic heterocycles. The zero-order valence-corrected chi connectivity index (χ0v) is 8.46. The Morgan fingerprint density at radius 2 is 1.71 bits per heavy atom. The molecule has 0 aliphatic carbocycles. The molecule has 0 unspecified atom stereocenters. The number of carbonyl (C=O) groups excluding carboxylic acids is 1. The van der Waals surface area contributed by atoms with Gasteiger partial charge in [0.05, 0.1) is 13.2 Å². The second kappa shape index (κ2) is 15.6. The molecule has 0 atom stereocenters. The molecule has 0 fully saturated rings. The summed E-state index contributed by atoms with van der Waals surface area (Å²) in [7, 11) is 0. The highest BCUT2D eigenvalue weighted by atomic mass is 27.0. The van der Waals surface area contributed by atoms with E-state index in [9.17, 15) is 4.79 Å². The molecule has 0 heterocycles. The molecule has 3 nitrogen and oxygen atoms in total. The Labute approximate surface area is 97.3 Å². The van der Waals surface area contributed by atoms with Crippen LogP contribution in [0.3, 0.4) is 0 Å². The van der Waals surface area contributed by atoms with Crippen LogP contribution in [0.4, 0.5) is 0 Å². The summed E-state index contributed by atoms with van der Waals surface area (Å²) >= 11 is 0. The van der Waals surface area contributed by atoms with Gasteiger partial charge >= 0.3 is 0 Å². The van der Waals surface area contributed by atoms with Crippen LogP contribution >= 0.6 is 0 Å². The SMILES string of the molecule is CCCCCCOCCOCC=O.[AlH3]. The second-order valence-electron chi connectivity index (χ2n) is 2.91. The lowest BCUT2D eigenvalue weighted by molar-refractivity contribution is -0.112. The normalized spacial score (nSPS) is 9.50. The number of hydrogen-bond donors (Lipinski definition) is 0.